The maximum atomic E-state index is 12.5. The standard InChI is InChI=1S/C14H14ClN3O.ClH/c1-2-11-17-12-9-5-3-4-6-10(9)16-13(12)14(19)18(11)8-7-15;/h3-6,16H,2,7-8H2,1H3;1H. The van der Waals surface area contributed by atoms with Crippen molar-refractivity contribution in [1.82, 2.24) is 9.55 Å². The van der Waals surface area contributed by atoms with Crippen molar-refractivity contribution in [3.05, 3.63) is 40.4 Å². The molecule has 0 amide bonds. The minimum absolute atomic E-state index is 0. The van der Waals surface area contributed by atoms with Crippen molar-refractivity contribution >= 4 is 33.5 Å². The topological polar surface area (TPSA) is 51.9 Å². The highest BCUT2D eigenvalue weighted by Gasteiger charge is 2.19. The summed E-state index contributed by atoms with van der Waals surface area (Å²) < 4.78 is 1.71. The van der Waals surface area contributed by atoms with Crippen molar-refractivity contribution in [2.45, 2.75) is 19.9 Å². The van der Waals surface area contributed by atoms with E-state index in [4.69, 9.17) is 11.6 Å². The van der Waals surface area contributed by atoms with Crippen molar-refractivity contribution in [2.75, 3.05) is 5.88 Å². The summed E-state index contributed by atoms with van der Waals surface area (Å²) in [4.78, 5) is 19.1. The fourth-order valence-corrected chi connectivity index (χ4v) is 2.67. The summed E-state index contributed by atoms with van der Waals surface area (Å²) in [5, 5.41) is 1.04. The second kappa shape index (κ2) is 5.85. The van der Waals surface area contributed by atoms with Crippen molar-refractivity contribution in [3.63, 3.8) is 0 Å². The molecule has 6 heteroatoms. The van der Waals surface area contributed by atoms with Gasteiger partial charge in [-0.1, -0.05) is 19.1 Å². The smallest absolute Gasteiger partial charge is 0.361 e. The van der Waals surface area contributed by atoms with E-state index in [-0.39, 0.29) is 18.0 Å². The first-order valence-electron chi connectivity index (χ1n) is 6.37. The molecule has 2 heterocycles. The summed E-state index contributed by atoms with van der Waals surface area (Å²) in [6.45, 7) is 2.54. The van der Waals surface area contributed by atoms with Gasteiger partial charge in [0.25, 0.3) is 5.82 Å². The Morgan fingerprint density at radius 1 is 1.35 bits per heavy atom. The van der Waals surface area contributed by atoms with E-state index in [1.165, 1.54) is 0 Å². The summed E-state index contributed by atoms with van der Waals surface area (Å²) in [5.41, 5.74) is 2.45. The van der Waals surface area contributed by atoms with Crippen LogP contribution in [0.3, 0.4) is 0 Å². The third-order valence-corrected chi connectivity index (χ3v) is 3.57. The average molecular weight is 312 g/mol. The lowest BCUT2D eigenvalue weighted by Crippen LogP contribution is -3.00. The van der Waals surface area contributed by atoms with Crippen LogP contribution in [0, 0.1) is 0 Å². The first-order chi connectivity index (χ1) is 9.26. The summed E-state index contributed by atoms with van der Waals surface area (Å²) in [5.74, 6) is 1.33. The molecule has 4 nitrogen and oxygen atoms in total. The molecule has 0 radical (unpaired) electrons. The number of aromatic amines is 2. The number of aryl methyl sites for hydroxylation is 1. The molecule has 0 aliphatic rings. The van der Waals surface area contributed by atoms with Gasteiger partial charge in [-0.25, -0.2) is 9.78 Å². The molecule has 0 atom stereocenters. The van der Waals surface area contributed by atoms with Crippen molar-refractivity contribution in [1.29, 1.82) is 0 Å². The van der Waals surface area contributed by atoms with Gasteiger partial charge >= 0.3 is 5.56 Å². The zero-order valence-electron chi connectivity index (χ0n) is 11.0. The predicted octanol–water partition coefficient (Wildman–Crippen LogP) is -0.898. The molecular weight excluding hydrogens is 297 g/mol. The predicted molar refractivity (Wildman–Crippen MR) is 76.7 cm³/mol. The van der Waals surface area contributed by atoms with Crippen LogP contribution in [-0.4, -0.2) is 15.4 Å². The Morgan fingerprint density at radius 3 is 2.80 bits per heavy atom. The lowest BCUT2D eigenvalue weighted by Gasteiger charge is -2.01. The van der Waals surface area contributed by atoms with Gasteiger partial charge in [-0.15, -0.1) is 11.6 Å². The minimum atomic E-state index is -0.0116. The molecule has 106 valence electrons. The molecule has 2 N–H and O–H groups in total. The summed E-state index contributed by atoms with van der Waals surface area (Å²) >= 11 is 5.78. The number of rotatable bonds is 3. The highest BCUT2D eigenvalue weighted by atomic mass is 35.5. The number of alkyl halides is 1. The molecule has 3 rings (SSSR count). The van der Waals surface area contributed by atoms with Gasteiger partial charge in [0.2, 0.25) is 0 Å². The molecule has 20 heavy (non-hydrogen) atoms. The fraction of sp³-hybridized carbons (Fsp3) is 0.286. The molecule has 1 aromatic carbocycles. The second-order valence-electron chi connectivity index (χ2n) is 4.49. The Hall–Kier alpha value is -1.52. The number of benzene rings is 1. The van der Waals surface area contributed by atoms with Crippen molar-refractivity contribution < 1.29 is 17.4 Å². The Bertz CT molecular complexity index is 807. The van der Waals surface area contributed by atoms with Crippen LogP contribution in [0.1, 0.15) is 12.7 Å². The van der Waals surface area contributed by atoms with E-state index in [2.05, 4.69) is 9.97 Å². The third-order valence-electron chi connectivity index (χ3n) is 3.40. The lowest BCUT2D eigenvalue weighted by molar-refractivity contribution is -0.365. The van der Waals surface area contributed by atoms with Crippen LogP contribution in [0.5, 0.6) is 0 Å². The van der Waals surface area contributed by atoms with E-state index in [0.29, 0.717) is 17.9 Å². The second-order valence-corrected chi connectivity index (χ2v) is 4.87. The van der Waals surface area contributed by atoms with Crippen molar-refractivity contribution in [2.24, 2.45) is 0 Å². The molecule has 0 spiro atoms. The number of para-hydroxylation sites is 1. The number of fused-ring (bicyclic) bond motifs is 3. The zero-order chi connectivity index (χ0) is 13.4. The normalized spacial score (nSPS) is 10.9. The molecule has 0 unspecified atom stereocenters. The third kappa shape index (κ3) is 2.19. The first-order valence-corrected chi connectivity index (χ1v) is 6.91. The summed E-state index contributed by atoms with van der Waals surface area (Å²) in [7, 11) is 0. The number of nitrogens with one attached hydrogen (secondary N) is 2. The zero-order valence-corrected chi connectivity index (χ0v) is 12.6. The minimum Gasteiger partial charge on any atom is -1.00 e. The Kier molecular flexibility index (Phi) is 4.35. The lowest BCUT2D eigenvalue weighted by atomic mass is 10.2. The molecule has 0 saturated heterocycles. The Labute approximate surface area is 127 Å². The maximum Gasteiger partial charge on any atom is 0.361 e. The van der Waals surface area contributed by atoms with E-state index in [1.54, 1.807) is 4.57 Å². The van der Waals surface area contributed by atoms with Gasteiger partial charge in [0.15, 0.2) is 11.0 Å². The maximum absolute atomic E-state index is 12.5. The fourth-order valence-electron chi connectivity index (χ4n) is 2.50. The highest BCUT2D eigenvalue weighted by molar-refractivity contribution is 6.17. The van der Waals surface area contributed by atoms with Gasteiger partial charge in [-0.3, -0.25) is 0 Å². The van der Waals surface area contributed by atoms with Gasteiger partial charge in [0.1, 0.15) is 6.54 Å². The van der Waals surface area contributed by atoms with Crippen molar-refractivity contribution in [3.8, 4) is 0 Å². The first kappa shape index (κ1) is 14.9. The van der Waals surface area contributed by atoms with Crippen LogP contribution in [-0.2, 0) is 13.0 Å². The average Bonchev–Trinajstić information content (AvgIpc) is 2.81. The Morgan fingerprint density at radius 2 is 2.10 bits per heavy atom. The van der Waals surface area contributed by atoms with Crippen LogP contribution in [0.4, 0.5) is 0 Å². The molecule has 2 aromatic heterocycles. The van der Waals surface area contributed by atoms with Crippen LogP contribution in [0.15, 0.2) is 29.1 Å². The van der Waals surface area contributed by atoms with E-state index in [9.17, 15) is 4.79 Å². The number of nitrogens with zero attached hydrogens (tertiary/aromatic N) is 1. The number of hydrogen-bond donors (Lipinski definition) is 1. The van der Waals surface area contributed by atoms with Gasteiger partial charge in [0, 0.05) is 11.8 Å². The van der Waals surface area contributed by atoms with Gasteiger partial charge in [0.05, 0.1) is 11.4 Å². The molecule has 0 aliphatic heterocycles. The van der Waals surface area contributed by atoms with E-state index in [1.807, 2.05) is 31.2 Å². The quantitative estimate of drug-likeness (QED) is 0.626. The van der Waals surface area contributed by atoms with E-state index in [0.717, 1.165) is 28.7 Å². The number of hydrogen-bond acceptors (Lipinski definition) is 1. The molecule has 0 bridgehead atoms. The number of H-pyrrole nitrogens is 2. The summed E-state index contributed by atoms with van der Waals surface area (Å²) in [6.07, 6.45) is 0.765. The monoisotopic (exact) mass is 311 g/mol. The van der Waals surface area contributed by atoms with Crippen LogP contribution >= 0.6 is 11.6 Å². The molecule has 3 aromatic rings. The van der Waals surface area contributed by atoms with E-state index < -0.39 is 0 Å². The molecule has 0 fully saturated rings. The van der Waals surface area contributed by atoms with Crippen LogP contribution in [0.25, 0.3) is 21.9 Å². The SMILES string of the molecule is CCc1[nH+]c2c([nH]c3ccccc32)c(=O)n1CCCl.[Cl-]. The Balaban J connectivity index is 0.00000147. The van der Waals surface area contributed by atoms with E-state index >= 15 is 0 Å². The largest absolute Gasteiger partial charge is 1.00 e. The van der Waals surface area contributed by atoms with Crippen LogP contribution < -0.4 is 23.0 Å². The molecule has 0 saturated carbocycles. The van der Waals surface area contributed by atoms with Gasteiger partial charge in [-0.2, -0.15) is 4.57 Å². The summed E-state index contributed by atoms with van der Waals surface area (Å²) in [6, 6.07) is 7.91. The van der Waals surface area contributed by atoms with Crippen LogP contribution in [0.2, 0.25) is 0 Å². The number of halogens is 2. The molecular formula is C14H15Cl2N3O. The number of aromatic nitrogens is 3. The van der Waals surface area contributed by atoms with Gasteiger partial charge in [-0.05, 0) is 12.1 Å². The van der Waals surface area contributed by atoms with Gasteiger partial charge < -0.3 is 17.4 Å². The highest BCUT2D eigenvalue weighted by Crippen LogP contribution is 2.19. The molecule has 0 aliphatic carbocycles.